The minimum Gasteiger partial charge on any atom is -0.329 e. The lowest BCUT2D eigenvalue weighted by atomic mass is 10.1. The van der Waals surface area contributed by atoms with Crippen molar-refractivity contribution < 1.29 is 9.59 Å². The van der Waals surface area contributed by atoms with Gasteiger partial charge in [-0.2, -0.15) is 0 Å². The van der Waals surface area contributed by atoms with E-state index in [4.69, 9.17) is 0 Å². The molecule has 1 aliphatic heterocycles. The number of rotatable bonds is 3. The molecule has 4 aromatic rings. The first-order valence-electron chi connectivity index (χ1n) is 9.07. The molecule has 1 N–H and O–H groups in total. The number of amides is 1. The van der Waals surface area contributed by atoms with E-state index in [1.165, 1.54) is 35.6 Å². The first-order valence-corrected chi connectivity index (χ1v) is 9.07. The first-order chi connectivity index (χ1) is 14.6. The van der Waals surface area contributed by atoms with Crippen LogP contribution in [0.2, 0.25) is 0 Å². The van der Waals surface area contributed by atoms with E-state index in [-0.39, 0.29) is 23.1 Å². The summed E-state index contributed by atoms with van der Waals surface area (Å²) < 4.78 is 1.32. The molecule has 0 unspecified atom stereocenters. The van der Waals surface area contributed by atoms with Crippen LogP contribution in [-0.2, 0) is 0 Å². The van der Waals surface area contributed by atoms with Crippen molar-refractivity contribution in [2.45, 2.75) is 0 Å². The van der Waals surface area contributed by atoms with Crippen LogP contribution in [0.15, 0.2) is 72.2 Å². The van der Waals surface area contributed by atoms with Gasteiger partial charge in [-0.05, 0) is 42.0 Å². The Labute approximate surface area is 169 Å². The van der Waals surface area contributed by atoms with Crippen molar-refractivity contribution in [1.29, 1.82) is 0 Å². The van der Waals surface area contributed by atoms with Gasteiger partial charge < -0.3 is 5.32 Å². The van der Waals surface area contributed by atoms with E-state index in [0.29, 0.717) is 33.3 Å². The number of benzene rings is 1. The van der Waals surface area contributed by atoms with Gasteiger partial charge in [0.25, 0.3) is 11.5 Å². The van der Waals surface area contributed by atoms with Crippen LogP contribution in [0.5, 0.6) is 0 Å². The Morgan fingerprint density at radius 3 is 2.63 bits per heavy atom. The fourth-order valence-electron chi connectivity index (χ4n) is 3.36. The summed E-state index contributed by atoms with van der Waals surface area (Å²) in [6.07, 6.45) is 9.23. The van der Waals surface area contributed by atoms with Crippen LogP contribution in [0.4, 0.5) is 0 Å². The standard InChI is InChI=1S/C22H13N5O3/c28-19-15-11-13(3-10-25-21(29)14-4-7-23-8-5-14)1-2-18(15)27-20(19)26-17-6-9-24-12-16(17)22(27)30/h1-12H,(H,25,29)/b10-3-. The van der Waals surface area contributed by atoms with Gasteiger partial charge in [-0.15, -0.1) is 0 Å². The minimum atomic E-state index is -0.330. The number of fused-ring (bicyclic) bond motifs is 4. The summed E-state index contributed by atoms with van der Waals surface area (Å²) in [6, 6.07) is 9.95. The molecule has 8 nitrogen and oxygen atoms in total. The second-order valence-corrected chi connectivity index (χ2v) is 6.62. The number of carbonyl (C=O) groups excluding carboxylic acids is 2. The molecule has 144 valence electrons. The fraction of sp³-hybridized carbons (Fsp3) is 0. The van der Waals surface area contributed by atoms with Crippen molar-refractivity contribution in [1.82, 2.24) is 24.8 Å². The molecule has 5 rings (SSSR count). The van der Waals surface area contributed by atoms with Crippen LogP contribution in [0.25, 0.3) is 22.7 Å². The lowest BCUT2D eigenvalue weighted by Gasteiger charge is -2.05. The van der Waals surface area contributed by atoms with E-state index in [0.717, 1.165) is 0 Å². The minimum absolute atomic E-state index is 0.0841. The van der Waals surface area contributed by atoms with Crippen LogP contribution in [-0.4, -0.2) is 31.2 Å². The molecule has 8 heteroatoms. The number of aromatic nitrogens is 4. The van der Waals surface area contributed by atoms with E-state index in [9.17, 15) is 14.4 Å². The Hall–Kier alpha value is -4.46. The molecule has 0 radical (unpaired) electrons. The van der Waals surface area contributed by atoms with E-state index in [1.54, 1.807) is 42.5 Å². The summed E-state index contributed by atoms with van der Waals surface area (Å²) >= 11 is 0. The second kappa shape index (κ2) is 6.85. The summed E-state index contributed by atoms with van der Waals surface area (Å²) in [4.78, 5) is 50.0. The highest BCUT2D eigenvalue weighted by Gasteiger charge is 2.30. The highest BCUT2D eigenvalue weighted by Crippen LogP contribution is 2.27. The summed E-state index contributed by atoms with van der Waals surface area (Å²) in [5.74, 6) is -0.507. The molecular weight excluding hydrogens is 382 g/mol. The molecule has 1 aromatic carbocycles. The van der Waals surface area contributed by atoms with E-state index < -0.39 is 0 Å². The van der Waals surface area contributed by atoms with E-state index >= 15 is 0 Å². The van der Waals surface area contributed by atoms with Gasteiger partial charge in [-0.25, -0.2) is 4.98 Å². The van der Waals surface area contributed by atoms with Gasteiger partial charge in [0.1, 0.15) is 0 Å². The van der Waals surface area contributed by atoms with Crippen molar-refractivity contribution >= 4 is 28.7 Å². The van der Waals surface area contributed by atoms with Crippen molar-refractivity contribution in [3.05, 3.63) is 100 Å². The Morgan fingerprint density at radius 1 is 1.00 bits per heavy atom. The van der Waals surface area contributed by atoms with Crippen molar-refractivity contribution in [3.8, 4) is 5.69 Å². The number of nitrogens with zero attached hydrogens (tertiary/aromatic N) is 4. The van der Waals surface area contributed by atoms with Crippen LogP contribution in [0, 0.1) is 0 Å². The molecule has 1 amide bonds. The van der Waals surface area contributed by atoms with Crippen molar-refractivity contribution in [2.75, 3.05) is 0 Å². The zero-order chi connectivity index (χ0) is 20.7. The molecule has 30 heavy (non-hydrogen) atoms. The molecule has 0 aliphatic carbocycles. The lowest BCUT2D eigenvalue weighted by Crippen LogP contribution is -2.21. The molecule has 0 saturated heterocycles. The maximum Gasteiger partial charge on any atom is 0.267 e. The largest absolute Gasteiger partial charge is 0.329 e. The highest BCUT2D eigenvalue weighted by molar-refractivity contribution is 6.13. The summed E-state index contributed by atoms with van der Waals surface area (Å²) in [6.45, 7) is 0. The second-order valence-electron chi connectivity index (χ2n) is 6.62. The Morgan fingerprint density at radius 2 is 1.80 bits per heavy atom. The fourth-order valence-corrected chi connectivity index (χ4v) is 3.36. The number of hydrogen-bond donors (Lipinski definition) is 1. The van der Waals surface area contributed by atoms with Gasteiger partial charge >= 0.3 is 0 Å². The molecule has 0 fully saturated rings. The maximum atomic E-state index is 12.9. The lowest BCUT2D eigenvalue weighted by molar-refractivity contribution is 0.0969. The first kappa shape index (κ1) is 17.6. The smallest absolute Gasteiger partial charge is 0.267 e. The Balaban J connectivity index is 1.47. The average Bonchev–Trinajstić information content (AvgIpc) is 3.06. The van der Waals surface area contributed by atoms with Gasteiger partial charge in [0.15, 0.2) is 5.82 Å². The number of nitrogens with one attached hydrogen (secondary N) is 1. The highest BCUT2D eigenvalue weighted by atomic mass is 16.2. The molecular formula is C22H13N5O3. The monoisotopic (exact) mass is 395 g/mol. The summed E-state index contributed by atoms with van der Waals surface area (Å²) in [7, 11) is 0. The predicted molar refractivity (Wildman–Crippen MR) is 109 cm³/mol. The van der Waals surface area contributed by atoms with Crippen LogP contribution < -0.4 is 10.9 Å². The number of carbonyl (C=O) groups is 2. The van der Waals surface area contributed by atoms with Crippen LogP contribution in [0.3, 0.4) is 0 Å². The third-order valence-electron chi connectivity index (χ3n) is 4.81. The van der Waals surface area contributed by atoms with Gasteiger partial charge in [0.2, 0.25) is 5.78 Å². The topological polar surface area (TPSA) is 107 Å². The van der Waals surface area contributed by atoms with Crippen molar-refractivity contribution in [3.63, 3.8) is 0 Å². The molecule has 4 heterocycles. The zero-order valence-electron chi connectivity index (χ0n) is 15.4. The van der Waals surface area contributed by atoms with Gasteiger partial charge in [-0.3, -0.25) is 28.9 Å². The molecule has 3 aromatic heterocycles. The Bertz CT molecular complexity index is 1420. The summed E-state index contributed by atoms with van der Waals surface area (Å²) in [5, 5.41) is 3.02. The van der Waals surface area contributed by atoms with Crippen LogP contribution >= 0.6 is 0 Å². The molecule has 0 spiro atoms. The number of ketones is 1. The quantitative estimate of drug-likeness (QED) is 0.501. The SMILES string of the molecule is O=C(N/C=C\c1ccc2c(c1)C(=O)c1nc3ccncc3c(=O)n1-2)c1ccncc1. The third kappa shape index (κ3) is 2.78. The van der Waals surface area contributed by atoms with E-state index in [1.807, 2.05) is 0 Å². The predicted octanol–water partition coefficient (Wildman–Crippen LogP) is 2.12. The van der Waals surface area contributed by atoms with E-state index in [2.05, 4.69) is 20.3 Å². The molecule has 0 atom stereocenters. The number of hydrogen-bond acceptors (Lipinski definition) is 6. The number of pyridine rings is 2. The van der Waals surface area contributed by atoms with Crippen molar-refractivity contribution in [2.24, 2.45) is 0 Å². The summed E-state index contributed by atoms with van der Waals surface area (Å²) in [5.41, 5.74) is 2.15. The van der Waals surface area contributed by atoms with Gasteiger partial charge in [0, 0.05) is 36.6 Å². The average molecular weight is 395 g/mol. The van der Waals surface area contributed by atoms with Crippen LogP contribution in [0.1, 0.15) is 32.1 Å². The zero-order valence-corrected chi connectivity index (χ0v) is 15.4. The third-order valence-corrected chi connectivity index (χ3v) is 4.81. The van der Waals surface area contributed by atoms with Gasteiger partial charge in [0.05, 0.1) is 22.2 Å². The molecule has 0 bridgehead atoms. The van der Waals surface area contributed by atoms with Gasteiger partial charge in [-0.1, -0.05) is 6.07 Å². The molecule has 1 aliphatic rings. The maximum absolute atomic E-state index is 12.9. The Kier molecular flexibility index (Phi) is 4.03. The molecule has 0 saturated carbocycles. The normalized spacial score (nSPS) is 12.2.